The number of benzene rings is 2. The van der Waals surface area contributed by atoms with Gasteiger partial charge in [0.2, 0.25) is 5.91 Å². The molecule has 0 bridgehead atoms. The van der Waals surface area contributed by atoms with E-state index in [4.69, 9.17) is 0 Å². The number of carbonyl (C=O) groups is 2. The Morgan fingerprint density at radius 1 is 0.839 bits per heavy atom. The third-order valence-electron chi connectivity index (χ3n) is 4.98. The summed E-state index contributed by atoms with van der Waals surface area (Å²) in [5, 5.41) is 5.37. The van der Waals surface area contributed by atoms with Crippen molar-refractivity contribution in [3.05, 3.63) is 92.8 Å². The minimum atomic E-state index is -0.456. The van der Waals surface area contributed by atoms with Crippen molar-refractivity contribution in [3.63, 3.8) is 0 Å². The topological polar surface area (TPSA) is 102 Å². The lowest BCUT2D eigenvalue weighted by molar-refractivity contribution is -0.121. The fourth-order valence-corrected chi connectivity index (χ4v) is 3.06. The van der Waals surface area contributed by atoms with E-state index < -0.39 is 11.2 Å². The van der Waals surface area contributed by atoms with E-state index in [1.807, 2.05) is 42.5 Å². The second kappa shape index (κ2) is 9.71. The predicted molar refractivity (Wildman–Crippen MR) is 118 cm³/mol. The molecule has 2 aromatic carbocycles. The third kappa shape index (κ3) is 5.36. The molecular weight excluding hydrogens is 396 g/mol. The molecule has 0 saturated heterocycles. The highest BCUT2D eigenvalue weighted by Crippen LogP contribution is 2.19. The van der Waals surface area contributed by atoms with Crippen molar-refractivity contribution in [1.29, 1.82) is 0 Å². The molecule has 3 rings (SSSR count). The standard InChI is InChI=1S/C23H24N4O4/c1-26-19(14-21(29)27(2)23(26)31)15-25-20(28)12-13-24-22(30)18-10-8-17(9-11-18)16-6-4-3-5-7-16/h3-11,14H,12-13,15H2,1-2H3,(H,24,30)(H,25,28). The molecule has 0 radical (unpaired) electrons. The number of carbonyl (C=O) groups excluding carboxylic acids is 2. The number of hydrogen-bond acceptors (Lipinski definition) is 4. The average Bonchev–Trinajstić information content (AvgIpc) is 2.79. The van der Waals surface area contributed by atoms with Gasteiger partial charge in [-0.25, -0.2) is 4.79 Å². The fraction of sp³-hybridized carbons (Fsp3) is 0.217. The minimum absolute atomic E-state index is 0.0511. The van der Waals surface area contributed by atoms with Gasteiger partial charge in [-0.05, 0) is 23.3 Å². The third-order valence-corrected chi connectivity index (χ3v) is 4.98. The SMILES string of the molecule is Cn1c(CNC(=O)CCNC(=O)c2ccc(-c3ccccc3)cc2)cc(=O)n(C)c1=O. The van der Waals surface area contributed by atoms with Gasteiger partial charge in [0.25, 0.3) is 11.5 Å². The normalized spacial score (nSPS) is 10.5. The van der Waals surface area contributed by atoms with E-state index >= 15 is 0 Å². The van der Waals surface area contributed by atoms with Gasteiger partial charge in [-0.1, -0.05) is 42.5 Å². The van der Waals surface area contributed by atoms with Crippen molar-refractivity contribution in [3.8, 4) is 11.1 Å². The molecule has 2 amide bonds. The molecular formula is C23H24N4O4. The lowest BCUT2D eigenvalue weighted by Gasteiger charge is -2.11. The van der Waals surface area contributed by atoms with Gasteiger partial charge in [0.1, 0.15) is 0 Å². The van der Waals surface area contributed by atoms with Crippen LogP contribution in [-0.2, 0) is 25.4 Å². The molecule has 2 N–H and O–H groups in total. The van der Waals surface area contributed by atoms with E-state index in [2.05, 4.69) is 10.6 Å². The summed E-state index contributed by atoms with van der Waals surface area (Å²) < 4.78 is 2.30. The van der Waals surface area contributed by atoms with E-state index in [9.17, 15) is 19.2 Å². The Bertz CT molecular complexity index is 1190. The highest BCUT2D eigenvalue weighted by molar-refractivity contribution is 5.94. The second-order valence-electron chi connectivity index (χ2n) is 7.10. The van der Waals surface area contributed by atoms with Crippen LogP contribution in [0.3, 0.4) is 0 Å². The molecule has 0 atom stereocenters. The van der Waals surface area contributed by atoms with E-state index in [0.29, 0.717) is 11.3 Å². The highest BCUT2D eigenvalue weighted by Gasteiger charge is 2.09. The summed E-state index contributed by atoms with van der Waals surface area (Å²) in [6, 6.07) is 18.4. The largest absolute Gasteiger partial charge is 0.352 e. The quantitative estimate of drug-likeness (QED) is 0.599. The first-order valence-electron chi connectivity index (χ1n) is 9.83. The molecule has 8 nitrogen and oxygen atoms in total. The zero-order valence-corrected chi connectivity index (χ0v) is 17.4. The average molecular weight is 420 g/mol. The maximum Gasteiger partial charge on any atom is 0.330 e. The van der Waals surface area contributed by atoms with Crippen LogP contribution in [0, 0.1) is 0 Å². The molecule has 0 unspecified atom stereocenters. The van der Waals surface area contributed by atoms with Crippen molar-refractivity contribution < 1.29 is 9.59 Å². The van der Waals surface area contributed by atoms with Gasteiger partial charge in [0.15, 0.2) is 0 Å². The number of nitrogens with zero attached hydrogens (tertiary/aromatic N) is 2. The summed E-state index contributed by atoms with van der Waals surface area (Å²) in [5.74, 6) is -0.561. The van der Waals surface area contributed by atoms with E-state index in [1.54, 1.807) is 12.1 Å². The van der Waals surface area contributed by atoms with Crippen LogP contribution in [0.15, 0.2) is 70.3 Å². The van der Waals surface area contributed by atoms with Crippen LogP contribution in [0.25, 0.3) is 11.1 Å². The molecule has 1 heterocycles. The van der Waals surface area contributed by atoms with Crippen LogP contribution >= 0.6 is 0 Å². The van der Waals surface area contributed by atoms with Crippen molar-refractivity contribution >= 4 is 11.8 Å². The Labute approximate surface area is 179 Å². The second-order valence-corrected chi connectivity index (χ2v) is 7.10. The van der Waals surface area contributed by atoms with Crippen LogP contribution in [0.5, 0.6) is 0 Å². The number of hydrogen-bond donors (Lipinski definition) is 2. The van der Waals surface area contributed by atoms with Gasteiger partial charge in [-0.2, -0.15) is 0 Å². The maximum absolute atomic E-state index is 12.3. The number of aromatic nitrogens is 2. The Morgan fingerprint density at radius 3 is 2.16 bits per heavy atom. The lowest BCUT2D eigenvalue weighted by Crippen LogP contribution is -2.39. The Hall–Kier alpha value is -3.94. The first kappa shape index (κ1) is 21.8. The summed E-state index contributed by atoms with van der Waals surface area (Å²) in [6.07, 6.45) is 0.0760. The molecule has 0 aliphatic rings. The molecule has 0 fully saturated rings. The molecule has 0 saturated carbocycles. The van der Waals surface area contributed by atoms with Crippen molar-refractivity contribution in [1.82, 2.24) is 19.8 Å². The van der Waals surface area contributed by atoms with Crippen LogP contribution in [0.4, 0.5) is 0 Å². The van der Waals surface area contributed by atoms with Crippen LogP contribution in [0.1, 0.15) is 22.5 Å². The molecule has 1 aromatic heterocycles. The van der Waals surface area contributed by atoms with Crippen LogP contribution in [0.2, 0.25) is 0 Å². The van der Waals surface area contributed by atoms with Gasteiger partial charge in [-0.15, -0.1) is 0 Å². The smallest absolute Gasteiger partial charge is 0.330 e. The Morgan fingerprint density at radius 2 is 1.48 bits per heavy atom. The predicted octanol–water partition coefficient (Wildman–Crippen LogP) is 1.19. The van der Waals surface area contributed by atoms with Gasteiger partial charge in [0.05, 0.1) is 6.54 Å². The zero-order valence-electron chi connectivity index (χ0n) is 17.4. The summed E-state index contributed by atoms with van der Waals surface area (Å²) in [5.41, 5.74) is 2.11. The van der Waals surface area contributed by atoms with Crippen LogP contribution < -0.4 is 21.9 Å². The number of nitrogens with one attached hydrogen (secondary N) is 2. The van der Waals surface area contributed by atoms with Crippen molar-refractivity contribution in [2.45, 2.75) is 13.0 Å². The Kier molecular flexibility index (Phi) is 6.81. The summed E-state index contributed by atoms with van der Waals surface area (Å²) >= 11 is 0. The van der Waals surface area contributed by atoms with Crippen LogP contribution in [-0.4, -0.2) is 27.5 Å². The summed E-state index contributed by atoms with van der Waals surface area (Å²) in [4.78, 5) is 48.0. The fourth-order valence-electron chi connectivity index (χ4n) is 3.06. The first-order chi connectivity index (χ1) is 14.9. The van der Waals surface area contributed by atoms with Crippen molar-refractivity contribution in [2.24, 2.45) is 14.1 Å². The van der Waals surface area contributed by atoms with E-state index in [1.165, 1.54) is 24.7 Å². The summed E-state index contributed by atoms with van der Waals surface area (Å²) in [7, 11) is 2.93. The molecule has 160 valence electrons. The molecule has 3 aromatic rings. The molecule has 0 aliphatic heterocycles. The highest BCUT2D eigenvalue weighted by atomic mass is 16.2. The molecule has 0 spiro atoms. The monoisotopic (exact) mass is 420 g/mol. The number of amides is 2. The van der Waals surface area contributed by atoms with Gasteiger partial charge >= 0.3 is 5.69 Å². The maximum atomic E-state index is 12.3. The molecule has 0 aliphatic carbocycles. The lowest BCUT2D eigenvalue weighted by atomic mass is 10.0. The van der Waals surface area contributed by atoms with Gasteiger partial charge in [0, 0.05) is 44.4 Å². The number of rotatable bonds is 7. The van der Waals surface area contributed by atoms with Gasteiger partial charge < -0.3 is 10.6 Å². The van der Waals surface area contributed by atoms with E-state index in [0.717, 1.165) is 15.7 Å². The summed E-state index contributed by atoms with van der Waals surface area (Å²) in [6.45, 7) is 0.218. The van der Waals surface area contributed by atoms with E-state index in [-0.39, 0.29) is 31.3 Å². The Balaban J connectivity index is 1.48. The minimum Gasteiger partial charge on any atom is -0.352 e. The first-order valence-corrected chi connectivity index (χ1v) is 9.83. The van der Waals surface area contributed by atoms with Crippen molar-refractivity contribution in [2.75, 3.05) is 6.54 Å². The zero-order chi connectivity index (χ0) is 22.4. The van der Waals surface area contributed by atoms with Gasteiger partial charge in [-0.3, -0.25) is 23.5 Å². The molecule has 8 heteroatoms. The molecule has 31 heavy (non-hydrogen) atoms.